The highest BCUT2D eigenvalue weighted by Gasteiger charge is 2.32. The van der Waals surface area contributed by atoms with E-state index in [1.807, 2.05) is 0 Å². The van der Waals surface area contributed by atoms with E-state index < -0.39 is 11.7 Å². The maximum Gasteiger partial charge on any atom is 0.419 e. The lowest BCUT2D eigenvalue weighted by atomic mass is 10.4. The number of hydrogen-bond acceptors (Lipinski definition) is 4. The smallest absolute Gasteiger partial charge is 0.265 e. The molecule has 2 aromatic rings. The summed E-state index contributed by atoms with van der Waals surface area (Å²) in [7, 11) is 0. The first-order valence-electron chi connectivity index (χ1n) is 4.02. The summed E-state index contributed by atoms with van der Waals surface area (Å²) < 4.78 is 38.1. The monoisotopic (exact) mass is 268 g/mol. The molecule has 0 spiro atoms. The summed E-state index contributed by atoms with van der Waals surface area (Å²) in [6.45, 7) is 0.125. The molecule has 0 atom stereocenters. The van der Waals surface area contributed by atoms with Crippen LogP contribution in [0.4, 0.5) is 13.2 Å². The quantitative estimate of drug-likeness (QED) is 0.840. The normalized spacial score (nSPS) is 12.0. The first kappa shape index (κ1) is 11.3. The molecule has 0 saturated carbocycles. The fourth-order valence-corrected chi connectivity index (χ4v) is 1.89. The van der Waals surface area contributed by atoms with Gasteiger partial charge in [-0.2, -0.15) is 18.3 Å². The number of nitrogens with zero attached hydrogens (tertiary/aromatic N) is 4. The van der Waals surface area contributed by atoms with Crippen LogP contribution in [0.3, 0.4) is 0 Å². The molecule has 0 aliphatic rings. The van der Waals surface area contributed by atoms with Gasteiger partial charge in [-0.1, -0.05) is 11.3 Å². The second-order valence-electron chi connectivity index (χ2n) is 2.87. The number of rotatable bonds is 2. The van der Waals surface area contributed by atoms with Gasteiger partial charge in [0.25, 0.3) is 0 Å². The Hall–Kier alpha value is -1.15. The topological polar surface area (TPSA) is 43.6 Å². The Morgan fingerprint density at radius 3 is 2.62 bits per heavy atom. The molecule has 2 aromatic heterocycles. The molecule has 0 fully saturated rings. The minimum absolute atomic E-state index is 0.125. The largest absolute Gasteiger partial charge is 0.419 e. The van der Waals surface area contributed by atoms with Gasteiger partial charge in [-0.3, -0.25) is 4.68 Å². The molecule has 0 unspecified atom stereocenters. The van der Waals surface area contributed by atoms with Crippen molar-refractivity contribution in [2.75, 3.05) is 0 Å². The Kier molecular flexibility index (Phi) is 2.85. The molecule has 0 aliphatic carbocycles. The third kappa shape index (κ3) is 2.50. The summed E-state index contributed by atoms with van der Waals surface area (Å²) in [5, 5.41) is 11.3. The molecule has 0 radical (unpaired) electrons. The molecule has 2 rings (SSSR count). The standard InChI is InChI=1S/C7H4ClF3N4S/c8-6-14-13-5(16-6)3-15-2-4(1-12-15)7(9,10)11/h1-2H,3H2. The predicted molar refractivity (Wildman–Crippen MR) is 51.3 cm³/mol. The molecule has 0 bridgehead atoms. The zero-order chi connectivity index (χ0) is 11.8. The van der Waals surface area contributed by atoms with Gasteiger partial charge in [0.15, 0.2) is 0 Å². The van der Waals surface area contributed by atoms with Crippen molar-refractivity contribution in [1.82, 2.24) is 20.0 Å². The summed E-state index contributed by atoms with van der Waals surface area (Å²) in [4.78, 5) is 0. The van der Waals surface area contributed by atoms with Crippen molar-refractivity contribution in [2.45, 2.75) is 12.7 Å². The zero-order valence-electron chi connectivity index (χ0n) is 7.57. The van der Waals surface area contributed by atoms with E-state index in [2.05, 4.69) is 15.3 Å². The van der Waals surface area contributed by atoms with Crippen molar-refractivity contribution in [3.63, 3.8) is 0 Å². The highest BCUT2D eigenvalue weighted by molar-refractivity contribution is 7.15. The molecule has 86 valence electrons. The van der Waals surface area contributed by atoms with E-state index >= 15 is 0 Å². The Morgan fingerprint density at radius 1 is 1.38 bits per heavy atom. The first-order valence-corrected chi connectivity index (χ1v) is 5.22. The molecule has 16 heavy (non-hydrogen) atoms. The summed E-state index contributed by atoms with van der Waals surface area (Å²) in [5.41, 5.74) is -0.789. The lowest BCUT2D eigenvalue weighted by Crippen LogP contribution is -2.03. The van der Waals surface area contributed by atoms with Gasteiger partial charge in [0.2, 0.25) is 4.47 Å². The van der Waals surface area contributed by atoms with E-state index in [0.29, 0.717) is 5.01 Å². The number of aromatic nitrogens is 4. The van der Waals surface area contributed by atoms with Gasteiger partial charge in [0.1, 0.15) is 5.01 Å². The Balaban J connectivity index is 2.14. The van der Waals surface area contributed by atoms with Crippen LogP contribution in [0.25, 0.3) is 0 Å². The van der Waals surface area contributed by atoms with Crippen LogP contribution in [-0.2, 0) is 12.7 Å². The van der Waals surface area contributed by atoms with Crippen LogP contribution < -0.4 is 0 Å². The van der Waals surface area contributed by atoms with E-state index in [9.17, 15) is 13.2 Å². The Bertz CT molecular complexity index is 492. The average molecular weight is 269 g/mol. The van der Waals surface area contributed by atoms with Crippen molar-refractivity contribution < 1.29 is 13.2 Å². The second kappa shape index (κ2) is 4.02. The lowest BCUT2D eigenvalue weighted by Gasteiger charge is -2.00. The molecule has 0 N–H and O–H groups in total. The summed E-state index contributed by atoms with van der Waals surface area (Å²) in [6, 6.07) is 0. The van der Waals surface area contributed by atoms with Crippen LogP contribution in [-0.4, -0.2) is 20.0 Å². The highest BCUT2D eigenvalue weighted by atomic mass is 35.5. The van der Waals surface area contributed by atoms with E-state index in [-0.39, 0.29) is 11.0 Å². The van der Waals surface area contributed by atoms with E-state index in [1.165, 1.54) is 0 Å². The minimum Gasteiger partial charge on any atom is -0.265 e. The van der Waals surface area contributed by atoms with Crippen molar-refractivity contribution in [2.24, 2.45) is 0 Å². The molecular formula is C7H4ClF3N4S. The molecule has 0 aromatic carbocycles. The third-order valence-electron chi connectivity index (χ3n) is 1.70. The lowest BCUT2D eigenvalue weighted by molar-refractivity contribution is -0.137. The summed E-state index contributed by atoms with van der Waals surface area (Å²) in [6.07, 6.45) is -2.70. The van der Waals surface area contributed by atoms with Gasteiger partial charge in [-0.15, -0.1) is 10.2 Å². The van der Waals surface area contributed by atoms with Crippen LogP contribution in [0.1, 0.15) is 10.6 Å². The average Bonchev–Trinajstić information content (AvgIpc) is 2.74. The highest BCUT2D eigenvalue weighted by Crippen LogP contribution is 2.28. The van der Waals surface area contributed by atoms with Crippen LogP contribution in [0.15, 0.2) is 12.4 Å². The first-order chi connectivity index (χ1) is 7.45. The summed E-state index contributed by atoms with van der Waals surface area (Å²) in [5.74, 6) is 0. The number of halogens is 4. The number of alkyl halides is 3. The van der Waals surface area contributed by atoms with Crippen LogP contribution in [0, 0.1) is 0 Å². The zero-order valence-corrected chi connectivity index (χ0v) is 9.14. The fraction of sp³-hybridized carbons (Fsp3) is 0.286. The molecule has 2 heterocycles. The third-order valence-corrected chi connectivity index (χ3v) is 2.70. The molecule has 9 heteroatoms. The van der Waals surface area contributed by atoms with Gasteiger partial charge in [-0.05, 0) is 11.6 Å². The van der Waals surface area contributed by atoms with E-state index in [4.69, 9.17) is 11.6 Å². The van der Waals surface area contributed by atoms with Gasteiger partial charge in [0, 0.05) is 6.20 Å². The van der Waals surface area contributed by atoms with Gasteiger partial charge >= 0.3 is 6.18 Å². The maximum atomic E-state index is 12.2. The fourth-order valence-electron chi connectivity index (χ4n) is 1.03. The minimum atomic E-state index is -4.38. The van der Waals surface area contributed by atoms with E-state index in [1.54, 1.807) is 0 Å². The summed E-state index contributed by atoms with van der Waals surface area (Å²) >= 11 is 6.64. The number of hydrogen-bond donors (Lipinski definition) is 0. The Labute approximate surface area is 96.7 Å². The SMILES string of the molecule is FC(F)(F)c1cnn(Cc2nnc(Cl)s2)c1. The van der Waals surface area contributed by atoms with E-state index in [0.717, 1.165) is 28.4 Å². The van der Waals surface area contributed by atoms with Crippen molar-refractivity contribution in [3.05, 3.63) is 27.4 Å². The predicted octanol–water partition coefficient (Wildman–Crippen LogP) is 2.46. The molecule has 0 saturated heterocycles. The molecule has 4 nitrogen and oxygen atoms in total. The van der Waals surface area contributed by atoms with Gasteiger partial charge in [0.05, 0.1) is 18.3 Å². The van der Waals surface area contributed by atoms with Crippen LogP contribution in [0.5, 0.6) is 0 Å². The van der Waals surface area contributed by atoms with Crippen molar-refractivity contribution >= 4 is 22.9 Å². The Morgan fingerprint density at radius 2 is 2.12 bits per heavy atom. The van der Waals surface area contributed by atoms with Gasteiger partial charge in [-0.25, -0.2) is 0 Å². The second-order valence-corrected chi connectivity index (χ2v) is 4.52. The van der Waals surface area contributed by atoms with Gasteiger partial charge < -0.3 is 0 Å². The molecule has 0 aliphatic heterocycles. The van der Waals surface area contributed by atoms with Crippen LogP contribution >= 0.6 is 22.9 Å². The van der Waals surface area contributed by atoms with Crippen molar-refractivity contribution in [3.8, 4) is 0 Å². The van der Waals surface area contributed by atoms with Crippen molar-refractivity contribution in [1.29, 1.82) is 0 Å². The molecule has 0 amide bonds. The van der Waals surface area contributed by atoms with Crippen LogP contribution in [0.2, 0.25) is 4.47 Å². The maximum absolute atomic E-state index is 12.2. The molecular weight excluding hydrogens is 265 g/mol.